The van der Waals surface area contributed by atoms with Gasteiger partial charge >= 0.3 is 0 Å². The fourth-order valence-electron chi connectivity index (χ4n) is 1.31. The minimum absolute atomic E-state index is 0.423. The van der Waals surface area contributed by atoms with Gasteiger partial charge in [0.15, 0.2) is 0 Å². The maximum atomic E-state index is 5.68. The van der Waals surface area contributed by atoms with Crippen molar-refractivity contribution in [3.63, 3.8) is 0 Å². The van der Waals surface area contributed by atoms with Gasteiger partial charge < -0.3 is 10.2 Å². The first kappa shape index (κ1) is 7.86. The minimum Gasteiger partial charge on any atom is -0.422 e. The Morgan fingerprint density at radius 1 is 1.54 bits per heavy atom. The van der Waals surface area contributed by atoms with Gasteiger partial charge in [-0.3, -0.25) is 0 Å². The second kappa shape index (κ2) is 2.94. The molecule has 2 heterocycles. The third-order valence-electron chi connectivity index (χ3n) is 1.87. The molecule has 13 heavy (non-hydrogen) atoms. The molecular formula is C10H10N2O. The van der Waals surface area contributed by atoms with Crippen molar-refractivity contribution in [2.45, 2.75) is 6.92 Å². The summed E-state index contributed by atoms with van der Waals surface area (Å²) in [7, 11) is 0. The molecule has 66 valence electrons. The SMILES string of the molecule is C/C=C\c1c(N)oc2ncccc12. The lowest BCUT2D eigenvalue weighted by Crippen LogP contribution is -1.82. The van der Waals surface area contributed by atoms with Crippen molar-refractivity contribution < 1.29 is 4.42 Å². The van der Waals surface area contributed by atoms with E-state index in [1.54, 1.807) is 6.20 Å². The Morgan fingerprint density at radius 3 is 3.15 bits per heavy atom. The van der Waals surface area contributed by atoms with Gasteiger partial charge in [0.05, 0.1) is 0 Å². The fourth-order valence-corrected chi connectivity index (χ4v) is 1.31. The van der Waals surface area contributed by atoms with E-state index in [1.807, 2.05) is 31.2 Å². The summed E-state index contributed by atoms with van der Waals surface area (Å²) in [6, 6.07) is 3.81. The van der Waals surface area contributed by atoms with Crippen molar-refractivity contribution in [1.29, 1.82) is 0 Å². The molecule has 0 aliphatic rings. The molecule has 0 saturated carbocycles. The Balaban J connectivity index is 2.78. The van der Waals surface area contributed by atoms with Crippen LogP contribution in [0.25, 0.3) is 17.2 Å². The van der Waals surface area contributed by atoms with Crippen LogP contribution in [0.2, 0.25) is 0 Å². The number of nitrogens with zero attached hydrogens (tertiary/aromatic N) is 1. The van der Waals surface area contributed by atoms with E-state index in [-0.39, 0.29) is 0 Å². The molecular weight excluding hydrogens is 164 g/mol. The van der Waals surface area contributed by atoms with Crippen LogP contribution in [0.1, 0.15) is 12.5 Å². The standard InChI is InChI=1S/C10H10N2O/c1-2-4-7-8-5-3-6-12-10(8)13-9(7)11/h2-6H,11H2,1H3/b4-2-. The van der Waals surface area contributed by atoms with E-state index >= 15 is 0 Å². The molecule has 0 spiro atoms. The van der Waals surface area contributed by atoms with E-state index < -0.39 is 0 Å². The highest BCUT2D eigenvalue weighted by molar-refractivity contribution is 5.89. The van der Waals surface area contributed by atoms with Crippen molar-refractivity contribution in [3.8, 4) is 0 Å². The second-order valence-corrected chi connectivity index (χ2v) is 2.74. The van der Waals surface area contributed by atoms with E-state index in [0.717, 1.165) is 10.9 Å². The summed E-state index contributed by atoms with van der Waals surface area (Å²) >= 11 is 0. The molecule has 0 saturated heterocycles. The zero-order valence-electron chi connectivity index (χ0n) is 7.32. The van der Waals surface area contributed by atoms with E-state index in [9.17, 15) is 0 Å². The van der Waals surface area contributed by atoms with Crippen molar-refractivity contribution in [2.75, 3.05) is 5.73 Å². The first-order valence-electron chi connectivity index (χ1n) is 4.08. The largest absolute Gasteiger partial charge is 0.422 e. The van der Waals surface area contributed by atoms with Gasteiger partial charge in [0.1, 0.15) is 0 Å². The van der Waals surface area contributed by atoms with Gasteiger partial charge in [-0.1, -0.05) is 12.2 Å². The number of hydrogen-bond acceptors (Lipinski definition) is 3. The first-order chi connectivity index (χ1) is 6.33. The summed E-state index contributed by atoms with van der Waals surface area (Å²) < 4.78 is 5.27. The maximum absolute atomic E-state index is 5.68. The van der Waals surface area contributed by atoms with Crippen LogP contribution in [0.3, 0.4) is 0 Å². The number of nitrogen functional groups attached to an aromatic ring is 1. The fraction of sp³-hybridized carbons (Fsp3) is 0.100. The van der Waals surface area contributed by atoms with Gasteiger partial charge in [0, 0.05) is 17.1 Å². The average molecular weight is 174 g/mol. The summed E-state index contributed by atoms with van der Waals surface area (Å²) in [6.07, 6.45) is 5.53. The second-order valence-electron chi connectivity index (χ2n) is 2.74. The lowest BCUT2D eigenvalue weighted by atomic mass is 10.2. The Morgan fingerprint density at radius 2 is 2.38 bits per heavy atom. The van der Waals surface area contributed by atoms with Crippen molar-refractivity contribution in [1.82, 2.24) is 4.98 Å². The number of allylic oxidation sites excluding steroid dienone is 1. The zero-order chi connectivity index (χ0) is 9.26. The van der Waals surface area contributed by atoms with Gasteiger partial charge in [-0.25, -0.2) is 4.98 Å². The lowest BCUT2D eigenvalue weighted by Gasteiger charge is -1.87. The van der Waals surface area contributed by atoms with Crippen molar-refractivity contribution in [2.24, 2.45) is 0 Å². The monoisotopic (exact) mass is 174 g/mol. The highest BCUT2D eigenvalue weighted by atomic mass is 16.4. The van der Waals surface area contributed by atoms with E-state index in [1.165, 1.54) is 0 Å². The third kappa shape index (κ3) is 1.18. The number of rotatable bonds is 1. The number of fused-ring (bicyclic) bond motifs is 1. The number of aromatic nitrogens is 1. The molecule has 0 aromatic carbocycles. The van der Waals surface area contributed by atoms with E-state index in [2.05, 4.69) is 4.98 Å². The van der Waals surface area contributed by atoms with E-state index in [4.69, 9.17) is 10.2 Å². The van der Waals surface area contributed by atoms with E-state index in [0.29, 0.717) is 11.6 Å². The van der Waals surface area contributed by atoms with Gasteiger partial charge in [0.25, 0.3) is 0 Å². The molecule has 3 nitrogen and oxygen atoms in total. The Kier molecular flexibility index (Phi) is 1.77. The molecule has 0 amide bonds. The first-order valence-corrected chi connectivity index (χ1v) is 4.08. The van der Waals surface area contributed by atoms with Gasteiger partial charge in [-0.2, -0.15) is 0 Å². The van der Waals surface area contributed by atoms with Crippen molar-refractivity contribution in [3.05, 3.63) is 30.0 Å². The highest BCUT2D eigenvalue weighted by Gasteiger charge is 2.08. The molecule has 0 unspecified atom stereocenters. The van der Waals surface area contributed by atoms with Crippen molar-refractivity contribution >= 4 is 23.1 Å². The molecule has 2 rings (SSSR count). The molecule has 0 aliphatic carbocycles. The quantitative estimate of drug-likeness (QED) is 0.722. The van der Waals surface area contributed by atoms with Gasteiger partial charge in [0.2, 0.25) is 11.6 Å². The van der Waals surface area contributed by atoms with Crippen LogP contribution in [0.5, 0.6) is 0 Å². The van der Waals surface area contributed by atoms with Gasteiger partial charge in [-0.15, -0.1) is 0 Å². The van der Waals surface area contributed by atoms with Crippen LogP contribution < -0.4 is 5.73 Å². The average Bonchev–Trinajstić information content (AvgIpc) is 2.44. The zero-order valence-corrected chi connectivity index (χ0v) is 7.32. The van der Waals surface area contributed by atoms with Crippen LogP contribution >= 0.6 is 0 Å². The van der Waals surface area contributed by atoms with Crippen LogP contribution in [0.4, 0.5) is 5.88 Å². The summed E-state index contributed by atoms with van der Waals surface area (Å²) in [5.41, 5.74) is 7.18. The van der Waals surface area contributed by atoms with Crippen LogP contribution in [0.15, 0.2) is 28.8 Å². The molecule has 0 aliphatic heterocycles. The molecule has 0 radical (unpaired) electrons. The number of nitrogens with two attached hydrogens (primary N) is 1. The van der Waals surface area contributed by atoms with Crippen LogP contribution in [0, 0.1) is 0 Å². The minimum atomic E-state index is 0.423. The molecule has 2 N–H and O–H groups in total. The highest BCUT2D eigenvalue weighted by Crippen LogP contribution is 2.26. The molecule has 0 atom stereocenters. The van der Waals surface area contributed by atoms with Gasteiger partial charge in [-0.05, 0) is 19.1 Å². The molecule has 3 heteroatoms. The number of furan rings is 1. The molecule has 2 aromatic heterocycles. The summed E-state index contributed by atoms with van der Waals surface area (Å²) in [5, 5.41) is 0.957. The Labute approximate surface area is 75.9 Å². The summed E-state index contributed by atoms with van der Waals surface area (Å²) in [6.45, 7) is 1.94. The maximum Gasteiger partial charge on any atom is 0.229 e. The molecule has 0 fully saturated rings. The van der Waals surface area contributed by atoms with Crippen LogP contribution in [-0.4, -0.2) is 4.98 Å². The molecule has 2 aromatic rings. The lowest BCUT2D eigenvalue weighted by molar-refractivity contribution is 0.623. The number of hydrogen-bond donors (Lipinski definition) is 1. The summed E-state index contributed by atoms with van der Waals surface area (Å²) in [4.78, 5) is 4.06. The smallest absolute Gasteiger partial charge is 0.229 e. The number of anilines is 1. The third-order valence-corrected chi connectivity index (χ3v) is 1.87. The van der Waals surface area contributed by atoms with Crippen LogP contribution in [-0.2, 0) is 0 Å². The normalized spacial score (nSPS) is 11.5. The Bertz CT molecular complexity index is 457. The summed E-state index contributed by atoms with van der Waals surface area (Å²) in [5.74, 6) is 0.423. The predicted molar refractivity (Wildman–Crippen MR) is 53.1 cm³/mol. The topological polar surface area (TPSA) is 52.0 Å². The predicted octanol–water partition coefficient (Wildman–Crippen LogP) is 2.44. The number of pyridine rings is 1. The Hall–Kier alpha value is -1.77. The molecule has 0 bridgehead atoms.